The van der Waals surface area contributed by atoms with Gasteiger partial charge in [0.1, 0.15) is 13.0 Å². The first kappa shape index (κ1) is 17.1. The fourth-order valence-electron chi connectivity index (χ4n) is 1.85. The summed E-state index contributed by atoms with van der Waals surface area (Å²) in [7, 11) is 1.54. The number of likely N-dealkylation sites (N-methyl/N-ethyl adjacent to an activating group) is 1. The number of rotatable bonds is 10. The van der Waals surface area contributed by atoms with Crippen molar-refractivity contribution in [1.82, 2.24) is 4.90 Å². The molecular formula is C14H26FNO2. The summed E-state index contributed by atoms with van der Waals surface area (Å²) in [5, 5.41) is 0. The maximum Gasteiger partial charge on any atom is 0.137 e. The van der Waals surface area contributed by atoms with E-state index in [4.69, 9.17) is 4.74 Å². The molecule has 0 aliphatic carbocycles. The van der Waals surface area contributed by atoms with Gasteiger partial charge in [0.15, 0.2) is 0 Å². The van der Waals surface area contributed by atoms with Crippen LogP contribution in [-0.4, -0.2) is 44.1 Å². The Hall–Kier alpha value is -0.900. The molecule has 0 aromatic heterocycles. The average Bonchev–Trinajstić information content (AvgIpc) is 2.41. The van der Waals surface area contributed by atoms with Gasteiger partial charge in [-0.05, 0) is 19.9 Å². The molecule has 0 saturated carbocycles. The van der Waals surface area contributed by atoms with Gasteiger partial charge in [0.05, 0.1) is 18.9 Å². The number of hydrogen-bond acceptors (Lipinski definition) is 3. The van der Waals surface area contributed by atoms with Crippen LogP contribution in [0.5, 0.6) is 0 Å². The van der Waals surface area contributed by atoms with E-state index in [1.54, 1.807) is 6.92 Å². The number of unbranched alkanes of at least 4 members (excludes halogenated alkanes) is 1. The van der Waals surface area contributed by atoms with Crippen LogP contribution in [0, 0.1) is 0 Å². The lowest BCUT2D eigenvalue weighted by atomic mass is 10.1. The zero-order chi connectivity index (χ0) is 14.0. The predicted octanol–water partition coefficient (Wildman–Crippen LogP) is 2.96. The number of hydrogen-bond donors (Lipinski definition) is 0. The molecule has 0 aliphatic rings. The number of carbonyl (C=O) groups is 1. The molecule has 1 unspecified atom stereocenters. The molecule has 4 heteroatoms. The van der Waals surface area contributed by atoms with Gasteiger partial charge in [-0.15, -0.1) is 0 Å². The Balaban J connectivity index is 4.69. The van der Waals surface area contributed by atoms with Gasteiger partial charge in [-0.2, -0.15) is 0 Å². The summed E-state index contributed by atoms with van der Waals surface area (Å²) < 4.78 is 18.0. The lowest BCUT2D eigenvalue weighted by Crippen LogP contribution is -2.38. The lowest BCUT2D eigenvalue weighted by molar-refractivity contribution is -0.112. The van der Waals surface area contributed by atoms with Gasteiger partial charge in [-0.1, -0.05) is 26.7 Å². The van der Waals surface area contributed by atoms with Crippen molar-refractivity contribution in [2.45, 2.75) is 46.1 Å². The number of alkyl halides is 1. The highest BCUT2D eigenvalue weighted by molar-refractivity contribution is 5.57. The minimum Gasteiger partial charge on any atom is -0.501 e. The Bertz CT molecular complexity index is 267. The number of allylic oxidation sites excluding steroid dienone is 1. The molecule has 106 valence electrons. The Morgan fingerprint density at radius 1 is 1.44 bits per heavy atom. The fraction of sp³-hybridized carbons (Fsp3) is 0.786. The van der Waals surface area contributed by atoms with Gasteiger partial charge in [-0.25, -0.2) is 4.39 Å². The highest BCUT2D eigenvalue weighted by atomic mass is 19.1. The highest BCUT2D eigenvalue weighted by Gasteiger charge is 2.18. The van der Waals surface area contributed by atoms with Crippen molar-refractivity contribution in [3.05, 3.63) is 11.3 Å². The number of nitrogens with zero attached hydrogens (tertiary/aromatic N) is 1. The molecule has 0 saturated heterocycles. The molecule has 0 fully saturated rings. The minimum atomic E-state index is -0.532. The van der Waals surface area contributed by atoms with Gasteiger partial charge in [-0.3, -0.25) is 4.90 Å². The quantitative estimate of drug-likeness (QED) is 0.446. The largest absolute Gasteiger partial charge is 0.501 e. The Kier molecular flexibility index (Phi) is 9.56. The Morgan fingerprint density at radius 2 is 2.11 bits per heavy atom. The Morgan fingerprint density at radius 3 is 2.50 bits per heavy atom. The van der Waals surface area contributed by atoms with E-state index >= 15 is 0 Å². The molecule has 3 nitrogen and oxygen atoms in total. The third kappa shape index (κ3) is 5.63. The third-order valence-electron chi connectivity index (χ3n) is 3.25. The van der Waals surface area contributed by atoms with Crippen LogP contribution in [0.3, 0.4) is 0 Å². The summed E-state index contributed by atoms with van der Waals surface area (Å²) in [6.45, 7) is 6.49. The van der Waals surface area contributed by atoms with E-state index in [-0.39, 0.29) is 6.04 Å². The van der Waals surface area contributed by atoms with Crippen LogP contribution in [0.15, 0.2) is 11.3 Å². The standard InChI is InChI=1S/C14H26FNO2/c1-5-7-8-14(11-17)16(6-2)10-13(9-15)12(3)18-4/h11,14H,5-10H2,1-4H3/b13-12-. The summed E-state index contributed by atoms with van der Waals surface area (Å²) in [4.78, 5) is 13.1. The number of methoxy groups -OCH3 is 1. The van der Waals surface area contributed by atoms with E-state index in [9.17, 15) is 9.18 Å². The molecule has 1 atom stereocenters. The van der Waals surface area contributed by atoms with Crippen molar-refractivity contribution in [1.29, 1.82) is 0 Å². The normalized spacial score (nSPS) is 14.3. The number of halogens is 1. The average molecular weight is 259 g/mol. The van der Waals surface area contributed by atoms with E-state index in [0.29, 0.717) is 17.9 Å². The SMILES string of the molecule is CCCCC(C=O)N(CC)C/C(CF)=C(/C)OC. The van der Waals surface area contributed by atoms with Gasteiger partial charge in [0.2, 0.25) is 0 Å². The first-order valence-electron chi connectivity index (χ1n) is 6.62. The van der Waals surface area contributed by atoms with E-state index in [1.807, 2.05) is 11.8 Å². The van der Waals surface area contributed by atoms with E-state index in [2.05, 4.69) is 6.92 Å². The lowest BCUT2D eigenvalue weighted by Gasteiger charge is -2.27. The van der Waals surface area contributed by atoms with Crippen LogP contribution in [0.25, 0.3) is 0 Å². The van der Waals surface area contributed by atoms with Gasteiger partial charge in [0.25, 0.3) is 0 Å². The second-order valence-electron chi connectivity index (χ2n) is 4.41. The number of ether oxygens (including phenoxy) is 1. The van der Waals surface area contributed by atoms with Crippen LogP contribution in [0.2, 0.25) is 0 Å². The molecule has 0 N–H and O–H groups in total. The predicted molar refractivity (Wildman–Crippen MR) is 72.3 cm³/mol. The van der Waals surface area contributed by atoms with E-state index in [1.165, 1.54) is 7.11 Å². The van der Waals surface area contributed by atoms with Gasteiger partial charge in [0, 0.05) is 12.1 Å². The molecule has 0 aromatic carbocycles. The maximum atomic E-state index is 13.0. The molecule has 0 aliphatic heterocycles. The summed E-state index contributed by atoms with van der Waals surface area (Å²) in [5.74, 6) is 0.607. The molecule has 18 heavy (non-hydrogen) atoms. The smallest absolute Gasteiger partial charge is 0.137 e. The molecule has 0 aromatic rings. The van der Waals surface area contributed by atoms with Crippen molar-refractivity contribution < 1.29 is 13.9 Å². The van der Waals surface area contributed by atoms with Gasteiger partial charge >= 0.3 is 0 Å². The zero-order valence-electron chi connectivity index (χ0n) is 12.0. The van der Waals surface area contributed by atoms with Crippen LogP contribution in [-0.2, 0) is 9.53 Å². The van der Waals surface area contributed by atoms with Crippen molar-refractivity contribution in [3.8, 4) is 0 Å². The molecule has 0 spiro atoms. The van der Waals surface area contributed by atoms with Crippen LogP contribution in [0.1, 0.15) is 40.0 Å². The highest BCUT2D eigenvalue weighted by Crippen LogP contribution is 2.13. The molecular weight excluding hydrogens is 233 g/mol. The van der Waals surface area contributed by atoms with Crippen molar-refractivity contribution >= 4 is 6.29 Å². The molecule has 0 radical (unpaired) electrons. The monoisotopic (exact) mass is 259 g/mol. The number of aldehydes is 1. The van der Waals surface area contributed by atoms with Crippen molar-refractivity contribution in [2.24, 2.45) is 0 Å². The fourth-order valence-corrected chi connectivity index (χ4v) is 1.85. The second-order valence-corrected chi connectivity index (χ2v) is 4.41. The maximum absolute atomic E-state index is 13.0. The Labute approximate surface area is 110 Å². The van der Waals surface area contributed by atoms with Crippen molar-refractivity contribution in [3.63, 3.8) is 0 Å². The second kappa shape index (κ2) is 10.1. The number of carbonyl (C=O) groups excluding carboxylic acids is 1. The molecule has 0 amide bonds. The van der Waals surface area contributed by atoms with E-state index in [0.717, 1.165) is 32.1 Å². The first-order chi connectivity index (χ1) is 8.64. The summed E-state index contributed by atoms with van der Waals surface area (Å²) in [6, 6.07) is -0.124. The minimum absolute atomic E-state index is 0.124. The van der Waals surface area contributed by atoms with Crippen LogP contribution < -0.4 is 0 Å². The van der Waals surface area contributed by atoms with Crippen LogP contribution in [0.4, 0.5) is 4.39 Å². The molecule has 0 heterocycles. The third-order valence-corrected chi connectivity index (χ3v) is 3.25. The summed E-state index contributed by atoms with van der Waals surface area (Å²) in [6.07, 6.45) is 3.87. The summed E-state index contributed by atoms with van der Waals surface area (Å²) in [5.41, 5.74) is 0.614. The first-order valence-corrected chi connectivity index (χ1v) is 6.62. The molecule has 0 rings (SSSR count). The summed E-state index contributed by atoms with van der Waals surface area (Å²) >= 11 is 0. The van der Waals surface area contributed by atoms with E-state index < -0.39 is 6.67 Å². The van der Waals surface area contributed by atoms with Crippen molar-refractivity contribution in [2.75, 3.05) is 26.9 Å². The van der Waals surface area contributed by atoms with Crippen LogP contribution >= 0.6 is 0 Å². The zero-order valence-corrected chi connectivity index (χ0v) is 12.0. The topological polar surface area (TPSA) is 29.5 Å². The van der Waals surface area contributed by atoms with Gasteiger partial charge < -0.3 is 9.53 Å². The molecule has 0 bridgehead atoms.